The molecule has 0 spiro atoms. The van der Waals surface area contributed by atoms with Gasteiger partial charge in [-0.25, -0.2) is 9.97 Å². The number of rotatable bonds is 4. The number of imidazole rings is 1. The van der Waals surface area contributed by atoms with Gasteiger partial charge in [0.15, 0.2) is 11.5 Å². The van der Waals surface area contributed by atoms with Crippen molar-refractivity contribution in [3.63, 3.8) is 0 Å². The number of aromatic hydroxyl groups is 1. The summed E-state index contributed by atoms with van der Waals surface area (Å²) in [5, 5.41) is 13.0. The van der Waals surface area contributed by atoms with E-state index < -0.39 is 0 Å². The molecular weight excluding hydrogens is 302 g/mol. The molecule has 0 atom stereocenters. The van der Waals surface area contributed by atoms with E-state index in [2.05, 4.69) is 20.3 Å². The van der Waals surface area contributed by atoms with Gasteiger partial charge < -0.3 is 10.4 Å². The predicted octanol–water partition coefficient (Wildman–Crippen LogP) is 3.11. The number of anilines is 1. The van der Waals surface area contributed by atoms with E-state index in [-0.39, 0.29) is 5.75 Å². The molecule has 2 N–H and O–H groups in total. The maximum absolute atomic E-state index is 9.69. The number of benzene rings is 1. The third-order valence-electron chi connectivity index (χ3n) is 3.75. The van der Waals surface area contributed by atoms with Crippen LogP contribution in [0.3, 0.4) is 0 Å². The summed E-state index contributed by atoms with van der Waals surface area (Å²) in [6.07, 6.45) is 8.93. The highest BCUT2D eigenvalue weighted by Gasteiger charge is 2.10. The molecule has 24 heavy (non-hydrogen) atoms. The van der Waals surface area contributed by atoms with Gasteiger partial charge in [-0.2, -0.15) is 0 Å². The Hall–Kier alpha value is -3.41. The van der Waals surface area contributed by atoms with E-state index in [4.69, 9.17) is 0 Å². The van der Waals surface area contributed by atoms with Crippen molar-refractivity contribution in [1.29, 1.82) is 0 Å². The summed E-state index contributed by atoms with van der Waals surface area (Å²) in [4.78, 5) is 13.0. The highest BCUT2D eigenvalue weighted by Crippen LogP contribution is 2.25. The molecule has 3 aromatic heterocycles. The van der Waals surface area contributed by atoms with Crippen molar-refractivity contribution in [2.45, 2.75) is 6.54 Å². The number of aromatic nitrogens is 4. The molecule has 6 heteroatoms. The van der Waals surface area contributed by atoms with Crippen molar-refractivity contribution in [3.8, 4) is 17.0 Å². The van der Waals surface area contributed by atoms with Crippen molar-refractivity contribution in [2.24, 2.45) is 0 Å². The van der Waals surface area contributed by atoms with Gasteiger partial charge in [-0.05, 0) is 23.8 Å². The van der Waals surface area contributed by atoms with Crippen LogP contribution < -0.4 is 5.32 Å². The number of hydrogen-bond acceptors (Lipinski definition) is 5. The fourth-order valence-electron chi connectivity index (χ4n) is 2.61. The summed E-state index contributed by atoms with van der Waals surface area (Å²) < 4.78 is 1.95. The molecule has 118 valence electrons. The second kappa shape index (κ2) is 6.00. The number of nitrogens with zero attached hydrogens (tertiary/aromatic N) is 4. The van der Waals surface area contributed by atoms with Crippen LogP contribution in [0.2, 0.25) is 0 Å². The standard InChI is InChI=1S/C18H15N5O/c24-15-5-1-4-14(9-15)16-12-22-18-17(20-7-8-23(16)18)21-11-13-3-2-6-19-10-13/h1-10,12,24H,11H2,(H,20,21). The molecule has 0 saturated carbocycles. The minimum atomic E-state index is 0.228. The summed E-state index contributed by atoms with van der Waals surface area (Å²) in [5.41, 5.74) is 3.60. The number of hydrogen-bond donors (Lipinski definition) is 2. The van der Waals surface area contributed by atoms with Gasteiger partial charge in [0.25, 0.3) is 0 Å². The van der Waals surface area contributed by atoms with Crippen LogP contribution in [-0.2, 0) is 6.54 Å². The molecular formula is C18H15N5O. The average molecular weight is 317 g/mol. The fraction of sp³-hybridized carbons (Fsp3) is 0.0556. The Balaban J connectivity index is 1.69. The first kappa shape index (κ1) is 14.2. The maximum Gasteiger partial charge on any atom is 0.180 e. The molecule has 0 aliphatic rings. The van der Waals surface area contributed by atoms with Crippen LogP contribution in [0.1, 0.15) is 5.56 Å². The molecule has 0 radical (unpaired) electrons. The Morgan fingerprint density at radius 3 is 2.83 bits per heavy atom. The van der Waals surface area contributed by atoms with E-state index in [1.807, 2.05) is 41.1 Å². The van der Waals surface area contributed by atoms with Gasteiger partial charge >= 0.3 is 0 Å². The molecule has 0 aliphatic heterocycles. The van der Waals surface area contributed by atoms with E-state index in [0.29, 0.717) is 12.4 Å². The van der Waals surface area contributed by atoms with E-state index >= 15 is 0 Å². The number of phenols is 1. The molecule has 4 rings (SSSR count). The quantitative estimate of drug-likeness (QED) is 0.605. The summed E-state index contributed by atoms with van der Waals surface area (Å²) in [6, 6.07) is 11.0. The minimum absolute atomic E-state index is 0.228. The van der Waals surface area contributed by atoms with Crippen LogP contribution in [0.15, 0.2) is 67.4 Å². The molecule has 3 heterocycles. The normalized spacial score (nSPS) is 10.8. The highest BCUT2D eigenvalue weighted by atomic mass is 16.3. The first-order valence-electron chi connectivity index (χ1n) is 7.55. The summed E-state index contributed by atoms with van der Waals surface area (Å²) in [7, 11) is 0. The van der Waals surface area contributed by atoms with E-state index in [1.165, 1.54) is 0 Å². The van der Waals surface area contributed by atoms with Crippen molar-refractivity contribution < 1.29 is 5.11 Å². The van der Waals surface area contributed by atoms with E-state index in [9.17, 15) is 5.11 Å². The largest absolute Gasteiger partial charge is 0.508 e. The van der Waals surface area contributed by atoms with Crippen molar-refractivity contribution in [2.75, 3.05) is 5.32 Å². The van der Waals surface area contributed by atoms with Crippen LogP contribution in [0.5, 0.6) is 5.75 Å². The van der Waals surface area contributed by atoms with Gasteiger partial charge in [0.2, 0.25) is 0 Å². The molecule has 0 amide bonds. The lowest BCUT2D eigenvalue weighted by Crippen LogP contribution is -2.04. The summed E-state index contributed by atoms with van der Waals surface area (Å²) in [5.74, 6) is 0.930. The van der Waals surface area contributed by atoms with Gasteiger partial charge in [-0.3, -0.25) is 9.38 Å². The first-order chi connectivity index (χ1) is 11.8. The number of pyridine rings is 1. The molecule has 0 bridgehead atoms. The minimum Gasteiger partial charge on any atom is -0.508 e. The zero-order valence-corrected chi connectivity index (χ0v) is 12.8. The Kier molecular flexibility index (Phi) is 3.55. The second-order valence-electron chi connectivity index (χ2n) is 5.38. The Morgan fingerprint density at radius 1 is 1.04 bits per heavy atom. The van der Waals surface area contributed by atoms with Gasteiger partial charge in [0.1, 0.15) is 5.75 Å². The predicted molar refractivity (Wildman–Crippen MR) is 91.7 cm³/mol. The topological polar surface area (TPSA) is 75.3 Å². The van der Waals surface area contributed by atoms with E-state index in [1.54, 1.807) is 30.7 Å². The maximum atomic E-state index is 9.69. The fourth-order valence-corrected chi connectivity index (χ4v) is 2.61. The SMILES string of the molecule is Oc1cccc(-c2cnc3c(NCc4cccnc4)nccn23)c1. The summed E-state index contributed by atoms with van der Waals surface area (Å²) in [6.45, 7) is 0.620. The first-order valence-corrected chi connectivity index (χ1v) is 7.55. The van der Waals surface area contributed by atoms with Crippen molar-refractivity contribution >= 4 is 11.5 Å². The van der Waals surface area contributed by atoms with Crippen LogP contribution in [0, 0.1) is 0 Å². The van der Waals surface area contributed by atoms with Gasteiger partial charge in [0, 0.05) is 36.9 Å². The van der Waals surface area contributed by atoms with Gasteiger partial charge in [-0.15, -0.1) is 0 Å². The molecule has 0 fully saturated rings. The Labute approximate surface area is 138 Å². The number of nitrogens with one attached hydrogen (secondary N) is 1. The third kappa shape index (κ3) is 2.65. The number of phenolic OH excluding ortho intramolecular Hbond substituents is 1. The molecule has 1 aromatic carbocycles. The third-order valence-corrected chi connectivity index (χ3v) is 3.75. The number of fused-ring (bicyclic) bond motifs is 1. The molecule has 0 saturated heterocycles. The van der Waals surface area contributed by atoms with Crippen molar-refractivity contribution in [1.82, 2.24) is 19.4 Å². The lowest BCUT2D eigenvalue weighted by atomic mass is 10.1. The lowest BCUT2D eigenvalue weighted by Gasteiger charge is -2.08. The summed E-state index contributed by atoms with van der Waals surface area (Å²) >= 11 is 0. The monoisotopic (exact) mass is 317 g/mol. The molecule has 0 unspecified atom stereocenters. The van der Waals surface area contributed by atoms with Gasteiger partial charge in [-0.1, -0.05) is 18.2 Å². The Bertz CT molecular complexity index is 981. The highest BCUT2D eigenvalue weighted by molar-refractivity contribution is 5.71. The van der Waals surface area contributed by atoms with Crippen LogP contribution in [-0.4, -0.2) is 24.5 Å². The van der Waals surface area contributed by atoms with Crippen LogP contribution >= 0.6 is 0 Å². The average Bonchev–Trinajstić information content (AvgIpc) is 3.05. The smallest absolute Gasteiger partial charge is 0.180 e. The second-order valence-corrected chi connectivity index (χ2v) is 5.38. The zero-order chi connectivity index (χ0) is 16.4. The van der Waals surface area contributed by atoms with Crippen molar-refractivity contribution in [3.05, 3.63) is 72.9 Å². The van der Waals surface area contributed by atoms with Gasteiger partial charge in [0.05, 0.1) is 11.9 Å². The molecule has 0 aliphatic carbocycles. The zero-order valence-electron chi connectivity index (χ0n) is 12.8. The Morgan fingerprint density at radius 2 is 2.00 bits per heavy atom. The van der Waals surface area contributed by atoms with Crippen LogP contribution in [0.4, 0.5) is 5.82 Å². The van der Waals surface area contributed by atoms with E-state index in [0.717, 1.165) is 22.5 Å². The lowest BCUT2D eigenvalue weighted by molar-refractivity contribution is 0.475. The van der Waals surface area contributed by atoms with Crippen LogP contribution in [0.25, 0.3) is 16.9 Å². The molecule has 6 nitrogen and oxygen atoms in total. The molecule has 4 aromatic rings.